The average molecular weight is 614 g/mol. The monoisotopic (exact) mass is 613 g/mol. The normalized spacial score (nSPS) is 11.7. The van der Waals surface area contributed by atoms with Gasteiger partial charge in [-0.25, -0.2) is 8.42 Å². The minimum Gasteiger partial charge on any atom is -0.497 e. The van der Waals surface area contributed by atoms with Crippen LogP contribution in [0.5, 0.6) is 23.0 Å². The minimum absolute atomic E-state index is 0.0794. The SMILES string of the molecule is CCNC(=O)[C@@H](CC)N(Cc1ccccc1)C(=O)CN(c1cc(OC)ccc1OC)S(=O)(=O)c1ccc(OC)c(OC)c1. The summed E-state index contributed by atoms with van der Waals surface area (Å²) in [5.74, 6) is 0.164. The molecule has 3 rings (SSSR count). The number of nitrogens with one attached hydrogen (secondary N) is 1. The number of carbonyl (C=O) groups is 2. The highest BCUT2D eigenvalue weighted by Crippen LogP contribution is 2.37. The molecule has 12 heteroatoms. The molecular weight excluding hydrogens is 574 g/mol. The van der Waals surface area contributed by atoms with E-state index in [1.807, 2.05) is 30.3 Å². The lowest BCUT2D eigenvalue weighted by molar-refractivity contribution is -0.140. The van der Waals surface area contributed by atoms with Crippen molar-refractivity contribution in [3.63, 3.8) is 0 Å². The first-order chi connectivity index (χ1) is 20.6. The Morgan fingerprint density at radius 3 is 2.05 bits per heavy atom. The second-order valence-corrected chi connectivity index (χ2v) is 11.3. The predicted molar refractivity (Wildman–Crippen MR) is 163 cm³/mol. The van der Waals surface area contributed by atoms with Crippen molar-refractivity contribution < 1.29 is 37.0 Å². The highest BCUT2D eigenvalue weighted by atomic mass is 32.2. The van der Waals surface area contributed by atoms with Gasteiger partial charge in [0.1, 0.15) is 24.1 Å². The van der Waals surface area contributed by atoms with Crippen molar-refractivity contribution in [2.24, 2.45) is 0 Å². The second-order valence-electron chi connectivity index (χ2n) is 9.39. The largest absolute Gasteiger partial charge is 0.497 e. The summed E-state index contributed by atoms with van der Waals surface area (Å²) >= 11 is 0. The van der Waals surface area contributed by atoms with Gasteiger partial charge >= 0.3 is 0 Å². The Morgan fingerprint density at radius 2 is 1.47 bits per heavy atom. The van der Waals surface area contributed by atoms with Gasteiger partial charge < -0.3 is 29.2 Å². The third-order valence-electron chi connectivity index (χ3n) is 6.81. The maximum absolute atomic E-state index is 14.3. The fraction of sp³-hybridized carbons (Fsp3) is 0.355. The Balaban J connectivity index is 2.19. The molecule has 0 fully saturated rings. The molecule has 0 aliphatic rings. The predicted octanol–water partition coefficient (Wildman–Crippen LogP) is 3.86. The van der Waals surface area contributed by atoms with E-state index in [1.54, 1.807) is 26.0 Å². The standard InChI is InChI=1S/C31H39N3O8S/c1-7-25(31(36)32-8-2)33(20-22-12-10-9-11-13-22)30(35)21-34(26-18-23(39-3)14-16-27(26)40-4)43(37,38)24-15-17-28(41-5)29(19-24)42-6/h9-19,25H,7-8,20-21H2,1-6H3,(H,32,36)/t25-/m1/s1. The molecule has 0 aliphatic carbocycles. The van der Waals surface area contributed by atoms with Crippen molar-refractivity contribution in [2.75, 3.05) is 45.8 Å². The Bertz CT molecular complexity index is 1500. The van der Waals surface area contributed by atoms with Gasteiger partial charge in [-0.3, -0.25) is 13.9 Å². The molecule has 0 aliphatic heterocycles. The van der Waals surface area contributed by atoms with Gasteiger partial charge in [0.2, 0.25) is 11.8 Å². The fourth-order valence-electron chi connectivity index (χ4n) is 4.60. The molecular formula is C31H39N3O8S. The molecule has 1 atom stereocenters. The molecule has 2 amide bonds. The third-order valence-corrected chi connectivity index (χ3v) is 8.56. The molecule has 43 heavy (non-hydrogen) atoms. The van der Waals surface area contributed by atoms with Crippen molar-refractivity contribution >= 4 is 27.5 Å². The van der Waals surface area contributed by atoms with E-state index in [0.29, 0.717) is 24.5 Å². The van der Waals surface area contributed by atoms with Crippen LogP contribution in [-0.4, -0.2) is 72.7 Å². The number of methoxy groups -OCH3 is 4. The van der Waals surface area contributed by atoms with E-state index in [1.165, 1.54) is 57.6 Å². The van der Waals surface area contributed by atoms with E-state index >= 15 is 0 Å². The third kappa shape index (κ3) is 7.69. The number of hydrogen-bond donors (Lipinski definition) is 1. The van der Waals surface area contributed by atoms with Crippen molar-refractivity contribution in [3.8, 4) is 23.0 Å². The molecule has 0 radical (unpaired) electrons. The summed E-state index contributed by atoms with van der Waals surface area (Å²) in [5.41, 5.74) is 0.863. The van der Waals surface area contributed by atoms with Crippen molar-refractivity contribution in [1.82, 2.24) is 10.2 Å². The van der Waals surface area contributed by atoms with Crippen LogP contribution in [0.4, 0.5) is 5.69 Å². The average Bonchev–Trinajstić information content (AvgIpc) is 3.03. The summed E-state index contributed by atoms with van der Waals surface area (Å²) in [6, 6.07) is 17.2. The van der Waals surface area contributed by atoms with Crippen molar-refractivity contribution in [2.45, 2.75) is 37.8 Å². The zero-order chi connectivity index (χ0) is 31.6. The first kappa shape index (κ1) is 33.1. The van der Waals surface area contributed by atoms with Gasteiger partial charge in [-0.1, -0.05) is 37.3 Å². The molecule has 3 aromatic rings. The van der Waals surface area contributed by atoms with Crippen LogP contribution >= 0.6 is 0 Å². The van der Waals surface area contributed by atoms with Gasteiger partial charge in [0.25, 0.3) is 10.0 Å². The first-order valence-electron chi connectivity index (χ1n) is 13.7. The molecule has 0 saturated heterocycles. The van der Waals surface area contributed by atoms with E-state index in [2.05, 4.69) is 5.32 Å². The number of ether oxygens (including phenoxy) is 4. The van der Waals surface area contributed by atoms with Crippen LogP contribution in [-0.2, 0) is 26.2 Å². The Kier molecular flexibility index (Phi) is 11.6. The summed E-state index contributed by atoms with van der Waals surface area (Å²) in [6.07, 6.45) is 0.315. The van der Waals surface area contributed by atoms with E-state index < -0.39 is 28.5 Å². The molecule has 0 aromatic heterocycles. The molecule has 11 nitrogen and oxygen atoms in total. The van der Waals surface area contributed by atoms with Crippen molar-refractivity contribution in [1.29, 1.82) is 0 Å². The van der Waals surface area contributed by atoms with Gasteiger partial charge in [0, 0.05) is 25.2 Å². The number of likely N-dealkylation sites (N-methyl/N-ethyl adjacent to an activating group) is 1. The number of benzene rings is 3. The number of rotatable bonds is 15. The Hall–Kier alpha value is -4.45. The zero-order valence-electron chi connectivity index (χ0n) is 25.3. The van der Waals surface area contributed by atoms with Gasteiger partial charge in [0.15, 0.2) is 11.5 Å². The van der Waals surface area contributed by atoms with Gasteiger partial charge in [0.05, 0.1) is 39.0 Å². The van der Waals surface area contributed by atoms with E-state index in [0.717, 1.165) is 9.87 Å². The second kappa shape index (κ2) is 15.1. The summed E-state index contributed by atoms with van der Waals surface area (Å²) in [7, 11) is 1.27. The zero-order valence-corrected chi connectivity index (χ0v) is 26.1. The van der Waals surface area contributed by atoms with Crippen LogP contribution in [0.25, 0.3) is 0 Å². The van der Waals surface area contributed by atoms with Crippen LogP contribution in [0.2, 0.25) is 0 Å². The Morgan fingerprint density at radius 1 is 0.814 bits per heavy atom. The summed E-state index contributed by atoms with van der Waals surface area (Å²) < 4.78 is 51.2. The molecule has 1 N–H and O–H groups in total. The number of hydrogen-bond acceptors (Lipinski definition) is 8. The van der Waals surface area contributed by atoms with E-state index in [9.17, 15) is 18.0 Å². The van der Waals surface area contributed by atoms with Gasteiger partial charge in [-0.2, -0.15) is 0 Å². The Labute approximate surface area is 253 Å². The van der Waals surface area contributed by atoms with Crippen LogP contribution in [0, 0.1) is 0 Å². The molecule has 3 aromatic carbocycles. The number of anilines is 1. The topological polar surface area (TPSA) is 124 Å². The lowest BCUT2D eigenvalue weighted by Gasteiger charge is -2.33. The highest BCUT2D eigenvalue weighted by Gasteiger charge is 2.35. The minimum atomic E-state index is -4.42. The molecule has 0 saturated carbocycles. The maximum atomic E-state index is 14.3. The quantitative estimate of drug-likeness (QED) is 0.274. The number of amides is 2. The maximum Gasteiger partial charge on any atom is 0.265 e. The van der Waals surface area contributed by atoms with Crippen LogP contribution < -0.4 is 28.6 Å². The van der Waals surface area contributed by atoms with E-state index in [4.69, 9.17) is 18.9 Å². The molecule has 0 bridgehead atoms. The van der Waals surface area contributed by atoms with Crippen LogP contribution in [0.1, 0.15) is 25.8 Å². The number of sulfonamides is 1. The summed E-state index contributed by atoms with van der Waals surface area (Å²) in [4.78, 5) is 28.6. The van der Waals surface area contributed by atoms with Gasteiger partial charge in [-0.15, -0.1) is 0 Å². The summed E-state index contributed by atoms with van der Waals surface area (Å²) in [5, 5.41) is 2.79. The first-order valence-corrected chi connectivity index (χ1v) is 15.2. The number of carbonyl (C=O) groups excluding carboxylic acids is 2. The van der Waals surface area contributed by atoms with E-state index in [-0.39, 0.29) is 34.5 Å². The van der Waals surface area contributed by atoms with Crippen LogP contribution in [0.3, 0.4) is 0 Å². The van der Waals surface area contributed by atoms with Gasteiger partial charge in [-0.05, 0) is 43.2 Å². The number of nitrogens with zero attached hydrogens (tertiary/aromatic N) is 2. The van der Waals surface area contributed by atoms with Crippen LogP contribution in [0.15, 0.2) is 71.6 Å². The van der Waals surface area contributed by atoms with Crippen molar-refractivity contribution in [3.05, 3.63) is 72.3 Å². The molecule has 0 spiro atoms. The molecule has 0 unspecified atom stereocenters. The lowest BCUT2D eigenvalue weighted by atomic mass is 10.1. The molecule has 232 valence electrons. The lowest BCUT2D eigenvalue weighted by Crippen LogP contribution is -2.52. The fourth-order valence-corrected chi connectivity index (χ4v) is 6.03. The summed E-state index contributed by atoms with van der Waals surface area (Å²) in [6.45, 7) is 3.43. The highest BCUT2D eigenvalue weighted by molar-refractivity contribution is 7.92. The molecule has 0 heterocycles. The smallest absolute Gasteiger partial charge is 0.265 e.